The molecule has 0 aromatic carbocycles. The molecule has 96 valence electrons. The molecule has 17 heavy (non-hydrogen) atoms. The molecule has 0 aliphatic rings. The minimum Gasteiger partial charge on any atom is -0.264 e. The first-order valence-corrected chi connectivity index (χ1v) is 6.51. The van der Waals surface area contributed by atoms with Crippen LogP contribution >= 0.6 is 15.9 Å². The molecule has 1 atom stereocenters. The highest BCUT2D eigenvalue weighted by molar-refractivity contribution is 9.09. The Hall–Kier alpha value is -0.580. The highest BCUT2D eigenvalue weighted by Gasteiger charge is 2.32. The number of aryl methyl sites for hydroxylation is 1. The minimum absolute atomic E-state index is 0.272. The summed E-state index contributed by atoms with van der Waals surface area (Å²) in [5.41, 5.74) is -0.288. The summed E-state index contributed by atoms with van der Waals surface area (Å²) in [5.74, 6) is 0. The largest absolute Gasteiger partial charge is 0.416 e. The summed E-state index contributed by atoms with van der Waals surface area (Å²) in [4.78, 5) is 4.04. The van der Waals surface area contributed by atoms with E-state index in [2.05, 4.69) is 27.8 Å². The number of hydrogen-bond acceptors (Lipinski definition) is 1. The van der Waals surface area contributed by atoms with Crippen LogP contribution in [0.25, 0.3) is 0 Å². The van der Waals surface area contributed by atoms with Crippen LogP contribution < -0.4 is 0 Å². The van der Waals surface area contributed by atoms with E-state index in [4.69, 9.17) is 0 Å². The second-order valence-corrected chi connectivity index (χ2v) is 5.25. The van der Waals surface area contributed by atoms with E-state index in [1.807, 2.05) is 0 Å². The zero-order chi connectivity index (χ0) is 12.9. The fourth-order valence-corrected chi connectivity index (χ4v) is 2.36. The van der Waals surface area contributed by atoms with Crippen molar-refractivity contribution in [2.24, 2.45) is 0 Å². The number of alkyl halides is 4. The molecule has 0 saturated carbocycles. The van der Waals surface area contributed by atoms with Gasteiger partial charge in [0.15, 0.2) is 0 Å². The van der Waals surface area contributed by atoms with Crippen molar-refractivity contribution < 1.29 is 13.2 Å². The van der Waals surface area contributed by atoms with Crippen molar-refractivity contribution in [1.82, 2.24) is 4.98 Å². The van der Waals surface area contributed by atoms with Crippen molar-refractivity contribution in [3.63, 3.8) is 0 Å². The molecular formula is C12H15BrF3N. The van der Waals surface area contributed by atoms with Crippen molar-refractivity contribution in [2.75, 3.05) is 0 Å². The van der Waals surface area contributed by atoms with Crippen molar-refractivity contribution >= 4 is 15.9 Å². The third-order valence-electron chi connectivity index (χ3n) is 2.54. The lowest BCUT2D eigenvalue weighted by molar-refractivity contribution is -0.138. The Balaban J connectivity index is 2.71. The average molecular weight is 310 g/mol. The molecule has 1 aromatic heterocycles. The van der Waals surface area contributed by atoms with Crippen LogP contribution in [0.4, 0.5) is 13.2 Å². The Labute approximate surface area is 108 Å². The molecule has 0 aliphatic carbocycles. The van der Waals surface area contributed by atoms with E-state index < -0.39 is 11.7 Å². The second kappa shape index (κ2) is 6.38. The highest BCUT2D eigenvalue weighted by Crippen LogP contribution is 2.32. The van der Waals surface area contributed by atoms with Gasteiger partial charge in [0.1, 0.15) is 0 Å². The van der Waals surface area contributed by atoms with E-state index >= 15 is 0 Å². The predicted molar refractivity (Wildman–Crippen MR) is 65.2 cm³/mol. The molecule has 0 saturated heterocycles. The molecule has 0 radical (unpaired) electrons. The molecule has 0 N–H and O–H groups in total. The maximum atomic E-state index is 12.7. The number of nitrogens with zero attached hydrogens (tertiary/aromatic N) is 1. The third-order valence-corrected chi connectivity index (χ3v) is 3.45. The summed E-state index contributed by atoms with van der Waals surface area (Å²) < 4.78 is 38.0. The number of hydrogen-bond donors (Lipinski definition) is 0. The molecule has 0 spiro atoms. The first kappa shape index (κ1) is 14.5. The normalized spacial score (nSPS) is 13.7. The van der Waals surface area contributed by atoms with E-state index in [1.165, 1.54) is 12.4 Å². The third kappa shape index (κ3) is 4.66. The molecule has 5 heteroatoms. The standard InChI is InChI=1S/C12H15BrF3N/c1-2-3-10(13)5-4-9-8-17-7-6-11(9)12(14,15)16/h6-8,10H,2-5H2,1H3. The lowest BCUT2D eigenvalue weighted by atomic mass is 10.0. The Morgan fingerprint density at radius 3 is 2.65 bits per heavy atom. The summed E-state index contributed by atoms with van der Waals surface area (Å²) in [7, 11) is 0. The lowest BCUT2D eigenvalue weighted by Crippen LogP contribution is -2.11. The quantitative estimate of drug-likeness (QED) is 0.725. The molecular weight excluding hydrogens is 295 g/mol. The number of pyridine rings is 1. The Morgan fingerprint density at radius 1 is 1.35 bits per heavy atom. The molecule has 1 rings (SSSR count). The lowest BCUT2D eigenvalue weighted by Gasteiger charge is -2.13. The number of aromatic nitrogens is 1. The maximum Gasteiger partial charge on any atom is 0.416 e. The maximum absolute atomic E-state index is 12.7. The van der Waals surface area contributed by atoms with Gasteiger partial charge in [-0.25, -0.2) is 0 Å². The van der Waals surface area contributed by atoms with Crippen molar-refractivity contribution in [3.05, 3.63) is 29.6 Å². The minimum atomic E-state index is -4.29. The van der Waals surface area contributed by atoms with E-state index in [1.54, 1.807) is 0 Å². The molecule has 0 amide bonds. The Bertz CT molecular complexity index is 352. The zero-order valence-corrected chi connectivity index (χ0v) is 11.2. The molecule has 0 fully saturated rings. The fraction of sp³-hybridized carbons (Fsp3) is 0.583. The first-order valence-electron chi connectivity index (χ1n) is 5.59. The number of halogens is 4. The van der Waals surface area contributed by atoms with Crippen LogP contribution in [0.3, 0.4) is 0 Å². The van der Waals surface area contributed by atoms with Gasteiger partial charge in [0.25, 0.3) is 0 Å². The van der Waals surface area contributed by atoms with Crippen molar-refractivity contribution in [2.45, 2.75) is 43.6 Å². The Morgan fingerprint density at radius 2 is 2.06 bits per heavy atom. The van der Waals surface area contributed by atoms with Crippen molar-refractivity contribution in [3.8, 4) is 0 Å². The van der Waals surface area contributed by atoms with Gasteiger partial charge in [0, 0.05) is 17.2 Å². The molecule has 1 unspecified atom stereocenters. The summed E-state index contributed by atoms with van der Waals surface area (Å²) >= 11 is 3.47. The van der Waals surface area contributed by atoms with Gasteiger partial charge in [-0.1, -0.05) is 29.3 Å². The zero-order valence-electron chi connectivity index (χ0n) is 9.60. The molecule has 1 nitrogen and oxygen atoms in total. The van der Waals surface area contributed by atoms with Gasteiger partial charge in [-0.3, -0.25) is 4.98 Å². The molecule has 0 bridgehead atoms. The van der Waals surface area contributed by atoms with Crippen LogP contribution in [0.15, 0.2) is 18.5 Å². The van der Waals surface area contributed by atoms with Crippen LogP contribution in [0.5, 0.6) is 0 Å². The summed E-state index contributed by atoms with van der Waals surface area (Å²) in [5, 5.41) is 0. The highest BCUT2D eigenvalue weighted by atomic mass is 79.9. The first-order chi connectivity index (χ1) is 7.95. The van der Waals surface area contributed by atoms with Crippen LogP contribution in [-0.4, -0.2) is 9.81 Å². The average Bonchev–Trinajstić information content (AvgIpc) is 2.26. The fourth-order valence-electron chi connectivity index (χ4n) is 1.67. The predicted octanol–water partition coefficient (Wildman–Crippen LogP) is 4.60. The van der Waals surface area contributed by atoms with Gasteiger partial charge in [-0.2, -0.15) is 13.2 Å². The van der Waals surface area contributed by atoms with Gasteiger partial charge in [-0.05, 0) is 30.9 Å². The van der Waals surface area contributed by atoms with Crippen LogP contribution in [0, 0.1) is 0 Å². The monoisotopic (exact) mass is 309 g/mol. The van der Waals surface area contributed by atoms with E-state index in [-0.39, 0.29) is 10.4 Å². The van der Waals surface area contributed by atoms with Gasteiger partial charge in [0.05, 0.1) is 5.56 Å². The van der Waals surface area contributed by atoms with Gasteiger partial charge >= 0.3 is 6.18 Å². The van der Waals surface area contributed by atoms with Gasteiger partial charge in [0.2, 0.25) is 0 Å². The van der Waals surface area contributed by atoms with Crippen LogP contribution in [-0.2, 0) is 12.6 Å². The number of rotatable bonds is 5. The van der Waals surface area contributed by atoms with Gasteiger partial charge in [-0.15, -0.1) is 0 Å². The summed E-state index contributed by atoms with van der Waals surface area (Å²) in [6, 6.07) is 1.04. The molecule has 1 aromatic rings. The summed E-state index contributed by atoms with van der Waals surface area (Å²) in [6.45, 7) is 2.06. The SMILES string of the molecule is CCCC(Br)CCc1cnccc1C(F)(F)F. The smallest absolute Gasteiger partial charge is 0.264 e. The Kier molecular flexibility index (Phi) is 5.43. The topological polar surface area (TPSA) is 12.9 Å². The van der Waals surface area contributed by atoms with Crippen LogP contribution in [0.1, 0.15) is 37.3 Å². The summed E-state index contributed by atoms with van der Waals surface area (Å²) in [6.07, 6.45) is 1.31. The van der Waals surface area contributed by atoms with E-state index in [9.17, 15) is 13.2 Å². The second-order valence-electron chi connectivity index (χ2n) is 3.96. The van der Waals surface area contributed by atoms with E-state index in [0.29, 0.717) is 12.8 Å². The van der Waals surface area contributed by atoms with Crippen molar-refractivity contribution in [1.29, 1.82) is 0 Å². The molecule has 1 heterocycles. The van der Waals surface area contributed by atoms with E-state index in [0.717, 1.165) is 18.9 Å². The van der Waals surface area contributed by atoms with Gasteiger partial charge < -0.3 is 0 Å². The van der Waals surface area contributed by atoms with Crippen LogP contribution in [0.2, 0.25) is 0 Å². The molecule has 0 aliphatic heterocycles.